The van der Waals surface area contributed by atoms with E-state index in [2.05, 4.69) is 15.9 Å². The van der Waals surface area contributed by atoms with Gasteiger partial charge in [0, 0.05) is 22.1 Å². The average Bonchev–Trinajstić information content (AvgIpc) is 2.32. The summed E-state index contributed by atoms with van der Waals surface area (Å²) in [7, 11) is 0. The maximum absolute atomic E-state index is 12.1. The number of ketones is 1. The summed E-state index contributed by atoms with van der Waals surface area (Å²) in [6.07, 6.45) is 0.330. The fraction of sp³-hybridized carbons (Fsp3) is 0.0714. The standard InChI is InChI=1S/C14H11BrClNO/c15-10-3-1-9(2-4-10)7-14(18)12-6-5-11(17)8-13(12)16/h1-6,8H,7,17H2. The number of hydrogen-bond donors (Lipinski definition) is 1. The maximum atomic E-state index is 12.1. The lowest BCUT2D eigenvalue weighted by Gasteiger charge is -2.05. The highest BCUT2D eigenvalue weighted by molar-refractivity contribution is 9.10. The highest BCUT2D eigenvalue weighted by atomic mass is 79.9. The van der Waals surface area contributed by atoms with Crippen LogP contribution < -0.4 is 5.73 Å². The average molecular weight is 325 g/mol. The van der Waals surface area contributed by atoms with Gasteiger partial charge in [-0.1, -0.05) is 39.7 Å². The van der Waals surface area contributed by atoms with E-state index >= 15 is 0 Å². The number of rotatable bonds is 3. The number of anilines is 1. The van der Waals surface area contributed by atoms with Crippen LogP contribution in [0.1, 0.15) is 15.9 Å². The van der Waals surface area contributed by atoms with E-state index in [-0.39, 0.29) is 5.78 Å². The zero-order chi connectivity index (χ0) is 13.1. The second kappa shape index (κ2) is 5.55. The molecule has 0 unspecified atom stereocenters. The first kappa shape index (κ1) is 13.1. The van der Waals surface area contributed by atoms with Gasteiger partial charge in [0.2, 0.25) is 0 Å². The van der Waals surface area contributed by atoms with Crippen molar-refractivity contribution in [3.8, 4) is 0 Å². The predicted molar refractivity (Wildman–Crippen MR) is 78.0 cm³/mol. The van der Waals surface area contributed by atoms with Gasteiger partial charge in [-0.3, -0.25) is 4.79 Å². The fourth-order valence-corrected chi connectivity index (χ4v) is 2.20. The van der Waals surface area contributed by atoms with E-state index < -0.39 is 0 Å². The van der Waals surface area contributed by atoms with Gasteiger partial charge >= 0.3 is 0 Å². The quantitative estimate of drug-likeness (QED) is 0.682. The van der Waals surface area contributed by atoms with E-state index in [1.54, 1.807) is 18.2 Å². The van der Waals surface area contributed by atoms with Gasteiger partial charge in [-0.2, -0.15) is 0 Å². The minimum Gasteiger partial charge on any atom is -0.399 e. The number of benzene rings is 2. The summed E-state index contributed by atoms with van der Waals surface area (Å²) >= 11 is 9.36. The molecule has 2 rings (SSSR count). The fourth-order valence-electron chi connectivity index (χ4n) is 1.64. The second-order valence-corrected chi connectivity index (χ2v) is 5.29. The summed E-state index contributed by atoms with van der Waals surface area (Å²) in [4.78, 5) is 12.1. The van der Waals surface area contributed by atoms with Crippen LogP contribution in [0.3, 0.4) is 0 Å². The van der Waals surface area contributed by atoms with Crippen LogP contribution in [0.15, 0.2) is 46.9 Å². The summed E-state index contributed by atoms with van der Waals surface area (Å²) in [5, 5.41) is 0.400. The lowest BCUT2D eigenvalue weighted by Crippen LogP contribution is -2.04. The third kappa shape index (κ3) is 3.12. The molecule has 0 saturated carbocycles. The van der Waals surface area contributed by atoms with Crippen LogP contribution in [0, 0.1) is 0 Å². The Morgan fingerprint density at radius 3 is 2.44 bits per heavy atom. The van der Waals surface area contributed by atoms with Crippen LogP contribution in [0.2, 0.25) is 5.02 Å². The molecule has 0 aliphatic carbocycles. The Hall–Kier alpha value is -1.32. The Labute approximate surface area is 119 Å². The van der Waals surface area contributed by atoms with Crippen molar-refractivity contribution in [1.82, 2.24) is 0 Å². The number of hydrogen-bond acceptors (Lipinski definition) is 2. The number of Topliss-reactive ketones (excluding diaryl/α,β-unsaturated/α-hetero) is 1. The normalized spacial score (nSPS) is 10.3. The van der Waals surface area contributed by atoms with E-state index in [0.29, 0.717) is 22.7 Å². The molecule has 18 heavy (non-hydrogen) atoms. The number of nitrogen functional groups attached to an aromatic ring is 1. The molecule has 0 aromatic heterocycles. The predicted octanol–water partition coefficient (Wildman–Crippen LogP) is 4.11. The Balaban J connectivity index is 2.19. The minimum absolute atomic E-state index is 0.0117. The largest absolute Gasteiger partial charge is 0.399 e. The van der Waals surface area contributed by atoms with Gasteiger partial charge in [0.15, 0.2) is 5.78 Å². The van der Waals surface area contributed by atoms with Gasteiger partial charge in [0.1, 0.15) is 0 Å². The topological polar surface area (TPSA) is 43.1 Å². The molecule has 0 heterocycles. The summed E-state index contributed by atoms with van der Waals surface area (Å²) in [6, 6.07) is 12.6. The highest BCUT2D eigenvalue weighted by Gasteiger charge is 2.11. The van der Waals surface area contributed by atoms with Gasteiger partial charge in [-0.25, -0.2) is 0 Å². The molecule has 2 N–H and O–H groups in total. The molecule has 0 fully saturated rings. The van der Waals surface area contributed by atoms with Crippen molar-refractivity contribution in [2.75, 3.05) is 5.73 Å². The summed E-state index contributed by atoms with van der Waals surface area (Å²) in [6.45, 7) is 0. The summed E-state index contributed by atoms with van der Waals surface area (Å²) in [5.41, 5.74) is 7.61. The Kier molecular flexibility index (Phi) is 4.04. The van der Waals surface area contributed by atoms with Crippen LogP contribution in [-0.2, 0) is 6.42 Å². The molecule has 0 aliphatic heterocycles. The van der Waals surface area contributed by atoms with Crippen molar-refractivity contribution < 1.29 is 4.79 Å². The van der Waals surface area contributed by atoms with Crippen molar-refractivity contribution in [2.24, 2.45) is 0 Å². The molecular weight excluding hydrogens is 314 g/mol. The zero-order valence-corrected chi connectivity index (χ0v) is 11.8. The van der Waals surface area contributed by atoms with Gasteiger partial charge in [0.05, 0.1) is 5.02 Å². The Bertz CT molecular complexity index is 581. The molecular formula is C14H11BrClNO. The molecule has 0 saturated heterocycles. The smallest absolute Gasteiger partial charge is 0.168 e. The molecule has 2 aromatic rings. The van der Waals surface area contributed by atoms with Crippen molar-refractivity contribution in [1.29, 1.82) is 0 Å². The second-order valence-electron chi connectivity index (χ2n) is 3.97. The van der Waals surface area contributed by atoms with E-state index in [0.717, 1.165) is 10.0 Å². The minimum atomic E-state index is -0.0117. The molecule has 0 radical (unpaired) electrons. The van der Waals surface area contributed by atoms with E-state index in [1.807, 2.05) is 24.3 Å². The number of nitrogens with two attached hydrogens (primary N) is 1. The van der Waals surface area contributed by atoms with E-state index in [1.165, 1.54) is 0 Å². The number of carbonyl (C=O) groups excluding carboxylic acids is 1. The molecule has 92 valence electrons. The number of halogens is 2. The first-order valence-electron chi connectivity index (χ1n) is 5.39. The van der Waals surface area contributed by atoms with Gasteiger partial charge in [-0.05, 0) is 35.9 Å². The molecule has 0 spiro atoms. The third-order valence-corrected chi connectivity index (χ3v) is 3.41. The van der Waals surface area contributed by atoms with Crippen molar-refractivity contribution in [3.05, 3.63) is 63.1 Å². The van der Waals surface area contributed by atoms with Crippen LogP contribution in [-0.4, -0.2) is 5.78 Å². The first-order valence-corrected chi connectivity index (χ1v) is 6.56. The number of carbonyl (C=O) groups is 1. The van der Waals surface area contributed by atoms with Gasteiger partial charge in [-0.15, -0.1) is 0 Å². The maximum Gasteiger partial charge on any atom is 0.168 e. The van der Waals surface area contributed by atoms with Gasteiger partial charge in [0.25, 0.3) is 0 Å². The molecule has 0 amide bonds. The van der Waals surface area contributed by atoms with Crippen molar-refractivity contribution in [3.63, 3.8) is 0 Å². The summed E-state index contributed by atoms with van der Waals surface area (Å²) < 4.78 is 0.990. The van der Waals surface area contributed by atoms with Crippen LogP contribution in [0.4, 0.5) is 5.69 Å². The lowest BCUT2D eigenvalue weighted by molar-refractivity contribution is 0.0993. The Morgan fingerprint density at radius 1 is 1.17 bits per heavy atom. The Morgan fingerprint density at radius 2 is 1.83 bits per heavy atom. The van der Waals surface area contributed by atoms with E-state index in [4.69, 9.17) is 17.3 Å². The lowest BCUT2D eigenvalue weighted by atomic mass is 10.0. The van der Waals surface area contributed by atoms with Crippen molar-refractivity contribution in [2.45, 2.75) is 6.42 Å². The molecule has 2 aromatic carbocycles. The monoisotopic (exact) mass is 323 g/mol. The van der Waals surface area contributed by atoms with Crippen molar-refractivity contribution >= 4 is 39.0 Å². The molecule has 0 atom stereocenters. The zero-order valence-electron chi connectivity index (χ0n) is 9.49. The SMILES string of the molecule is Nc1ccc(C(=O)Cc2ccc(Br)cc2)c(Cl)c1. The van der Waals surface area contributed by atoms with E-state index in [9.17, 15) is 4.79 Å². The third-order valence-electron chi connectivity index (χ3n) is 2.57. The van der Waals surface area contributed by atoms with Crippen LogP contribution in [0.5, 0.6) is 0 Å². The summed E-state index contributed by atoms with van der Waals surface area (Å²) in [5.74, 6) is -0.0117. The first-order chi connectivity index (χ1) is 8.56. The highest BCUT2D eigenvalue weighted by Crippen LogP contribution is 2.21. The molecule has 2 nitrogen and oxygen atoms in total. The molecule has 0 bridgehead atoms. The van der Waals surface area contributed by atoms with Crippen LogP contribution >= 0.6 is 27.5 Å². The van der Waals surface area contributed by atoms with Crippen LogP contribution in [0.25, 0.3) is 0 Å². The molecule has 0 aliphatic rings. The van der Waals surface area contributed by atoms with Gasteiger partial charge < -0.3 is 5.73 Å². The molecule has 4 heteroatoms.